The van der Waals surface area contributed by atoms with Gasteiger partial charge in [0.05, 0.1) is 12.2 Å². The van der Waals surface area contributed by atoms with Crippen molar-refractivity contribution in [1.29, 1.82) is 0 Å². The van der Waals surface area contributed by atoms with Crippen molar-refractivity contribution in [2.75, 3.05) is 12.3 Å². The Morgan fingerprint density at radius 1 is 1.30 bits per heavy atom. The molecule has 0 radical (unpaired) electrons. The van der Waals surface area contributed by atoms with E-state index in [4.69, 9.17) is 5.73 Å². The van der Waals surface area contributed by atoms with Crippen molar-refractivity contribution in [3.05, 3.63) is 23.8 Å². The molecule has 20 heavy (non-hydrogen) atoms. The minimum absolute atomic E-state index is 0.0882. The van der Waals surface area contributed by atoms with Crippen LogP contribution in [0.25, 0.3) is 0 Å². The maximum atomic E-state index is 13.5. The number of amides is 1. The van der Waals surface area contributed by atoms with Crippen LogP contribution >= 0.6 is 0 Å². The highest BCUT2D eigenvalue weighted by Gasteiger charge is 2.25. The molecule has 0 bridgehead atoms. The van der Waals surface area contributed by atoms with Crippen LogP contribution in [0, 0.1) is 11.6 Å². The van der Waals surface area contributed by atoms with E-state index in [2.05, 4.69) is 5.32 Å². The van der Waals surface area contributed by atoms with Gasteiger partial charge in [-0.1, -0.05) is 0 Å². The Balaban J connectivity index is 2.09. The van der Waals surface area contributed by atoms with Gasteiger partial charge in [-0.15, -0.1) is 0 Å². The minimum Gasteiger partial charge on any atom is -0.396 e. The van der Waals surface area contributed by atoms with Gasteiger partial charge in [0.2, 0.25) is 15.9 Å². The van der Waals surface area contributed by atoms with Gasteiger partial charge in [-0.05, 0) is 18.9 Å². The molecule has 1 fully saturated rings. The lowest BCUT2D eigenvalue weighted by Crippen LogP contribution is -2.38. The van der Waals surface area contributed by atoms with Crippen LogP contribution < -0.4 is 15.8 Å². The van der Waals surface area contributed by atoms with E-state index in [1.807, 2.05) is 4.72 Å². The average molecular weight is 305 g/mol. The number of sulfonamides is 1. The summed E-state index contributed by atoms with van der Waals surface area (Å²) in [6, 6.07) is 1.14. The first-order chi connectivity index (χ1) is 9.29. The maximum absolute atomic E-state index is 13.5. The van der Waals surface area contributed by atoms with Crippen molar-refractivity contribution < 1.29 is 22.0 Å². The van der Waals surface area contributed by atoms with Crippen molar-refractivity contribution in [1.82, 2.24) is 10.0 Å². The monoisotopic (exact) mass is 305 g/mol. The Hall–Kier alpha value is -1.74. The Kier molecular flexibility index (Phi) is 3.91. The van der Waals surface area contributed by atoms with Gasteiger partial charge in [-0.25, -0.2) is 21.9 Å². The number of nitrogens with one attached hydrogen (secondary N) is 2. The molecule has 1 aromatic carbocycles. The lowest BCUT2D eigenvalue weighted by molar-refractivity contribution is -0.120. The largest absolute Gasteiger partial charge is 0.396 e. The lowest BCUT2D eigenvalue weighted by atomic mass is 10.3. The second kappa shape index (κ2) is 5.33. The number of anilines is 1. The first-order valence-corrected chi connectivity index (χ1v) is 7.31. The lowest BCUT2D eigenvalue weighted by Gasteiger charge is -2.09. The van der Waals surface area contributed by atoms with Gasteiger partial charge in [0, 0.05) is 12.1 Å². The topological polar surface area (TPSA) is 101 Å². The van der Waals surface area contributed by atoms with Gasteiger partial charge in [0.25, 0.3) is 0 Å². The van der Waals surface area contributed by atoms with Crippen molar-refractivity contribution in [3.8, 4) is 0 Å². The zero-order chi connectivity index (χ0) is 14.9. The van der Waals surface area contributed by atoms with Crippen LogP contribution in [-0.4, -0.2) is 26.9 Å². The molecular weight excluding hydrogens is 292 g/mol. The first kappa shape index (κ1) is 14.7. The van der Waals surface area contributed by atoms with Crippen LogP contribution in [0.4, 0.5) is 14.5 Å². The van der Waals surface area contributed by atoms with Crippen LogP contribution in [0.1, 0.15) is 12.8 Å². The van der Waals surface area contributed by atoms with Crippen LogP contribution in [0.3, 0.4) is 0 Å². The van der Waals surface area contributed by atoms with Gasteiger partial charge in [0.15, 0.2) is 0 Å². The molecule has 6 nitrogen and oxygen atoms in total. The number of carbonyl (C=O) groups excluding carboxylic acids is 1. The van der Waals surface area contributed by atoms with Crippen molar-refractivity contribution in [2.45, 2.75) is 23.8 Å². The van der Waals surface area contributed by atoms with Crippen molar-refractivity contribution in [2.24, 2.45) is 0 Å². The number of hydrogen-bond acceptors (Lipinski definition) is 4. The van der Waals surface area contributed by atoms with E-state index in [1.165, 1.54) is 0 Å². The highest BCUT2D eigenvalue weighted by atomic mass is 32.2. The number of benzene rings is 1. The normalized spacial score (nSPS) is 15.1. The molecule has 9 heteroatoms. The van der Waals surface area contributed by atoms with E-state index in [-0.39, 0.29) is 6.04 Å². The molecule has 0 spiro atoms. The van der Waals surface area contributed by atoms with Crippen molar-refractivity contribution >= 4 is 21.6 Å². The molecule has 0 heterocycles. The summed E-state index contributed by atoms with van der Waals surface area (Å²) in [6.07, 6.45) is 1.73. The highest BCUT2D eigenvalue weighted by molar-refractivity contribution is 7.89. The molecular formula is C11H13F2N3O3S. The van der Waals surface area contributed by atoms with E-state index in [9.17, 15) is 22.0 Å². The zero-order valence-corrected chi connectivity index (χ0v) is 11.1. The van der Waals surface area contributed by atoms with Crippen LogP contribution in [0.2, 0.25) is 0 Å². The summed E-state index contributed by atoms with van der Waals surface area (Å²) >= 11 is 0. The molecule has 110 valence electrons. The molecule has 0 saturated heterocycles. The molecule has 0 aliphatic heterocycles. The fourth-order valence-corrected chi connectivity index (χ4v) is 2.57. The Bertz CT molecular complexity index is 645. The molecule has 1 saturated carbocycles. The number of nitrogens with two attached hydrogens (primary N) is 1. The summed E-state index contributed by atoms with van der Waals surface area (Å²) < 4.78 is 52.0. The molecule has 1 aliphatic carbocycles. The van der Waals surface area contributed by atoms with Gasteiger partial charge in [-0.3, -0.25) is 4.79 Å². The molecule has 1 amide bonds. The van der Waals surface area contributed by atoms with Gasteiger partial charge < -0.3 is 11.1 Å². The van der Waals surface area contributed by atoms with E-state index < -0.39 is 44.7 Å². The first-order valence-electron chi connectivity index (χ1n) is 5.83. The molecule has 4 N–H and O–H groups in total. The zero-order valence-electron chi connectivity index (χ0n) is 10.3. The Morgan fingerprint density at radius 2 is 1.95 bits per heavy atom. The van der Waals surface area contributed by atoms with Gasteiger partial charge >= 0.3 is 0 Å². The van der Waals surface area contributed by atoms with Crippen LogP contribution in [0.15, 0.2) is 17.0 Å². The predicted octanol–water partition coefficient (Wildman–Crippen LogP) is 0.104. The van der Waals surface area contributed by atoms with Crippen LogP contribution in [-0.2, 0) is 14.8 Å². The molecule has 0 aromatic heterocycles. The molecule has 0 atom stereocenters. The minimum atomic E-state index is -4.27. The van der Waals surface area contributed by atoms with Gasteiger partial charge in [-0.2, -0.15) is 0 Å². The van der Waals surface area contributed by atoms with Crippen molar-refractivity contribution in [3.63, 3.8) is 0 Å². The number of rotatable bonds is 5. The second-order valence-electron chi connectivity index (χ2n) is 4.47. The second-order valence-corrected chi connectivity index (χ2v) is 6.21. The highest BCUT2D eigenvalue weighted by Crippen LogP contribution is 2.21. The van der Waals surface area contributed by atoms with Gasteiger partial charge in [0.1, 0.15) is 16.5 Å². The Labute approximate surface area is 114 Å². The fourth-order valence-electron chi connectivity index (χ4n) is 1.50. The quantitative estimate of drug-likeness (QED) is 0.672. The predicted molar refractivity (Wildman–Crippen MR) is 67.1 cm³/mol. The van der Waals surface area contributed by atoms with E-state index in [0.29, 0.717) is 12.1 Å². The third-order valence-electron chi connectivity index (χ3n) is 2.71. The summed E-state index contributed by atoms with van der Waals surface area (Å²) in [5, 5.41) is 2.57. The van der Waals surface area contributed by atoms with Crippen LogP contribution in [0.5, 0.6) is 0 Å². The third-order valence-corrected chi connectivity index (χ3v) is 4.12. The molecule has 2 rings (SSSR count). The Morgan fingerprint density at radius 3 is 2.55 bits per heavy atom. The smallest absolute Gasteiger partial charge is 0.244 e. The number of nitrogen functional groups attached to an aromatic ring is 1. The summed E-state index contributed by atoms with van der Waals surface area (Å²) in [4.78, 5) is 10.6. The summed E-state index contributed by atoms with van der Waals surface area (Å²) in [6.45, 7) is -0.518. The average Bonchev–Trinajstić information content (AvgIpc) is 3.15. The molecule has 1 aliphatic rings. The number of carbonyl (C=O) groups is 1. The number of hydrogen-bond donors (Lipinski definition) is 3. The van der Waals surface area contributed by atoms with E-state index in [0.717, 1.165) is 12.8 Å². The standard InChI is InChI=1S/C11H13F2N3O3S/c12-7-3-8(13)10(4-9(7)14)20(18,19)15-5-11(17)16-6-1-2-6/h3-4,6,15H,1-2,5,14H2,(H,16,17). The van der Waals surface area contributed by atoms with E-state index in [1.54, 1.807) is 0 Å². The summed E-state index contributed by atoms with van der Waals surface area (Å²) in [5.74, 6) is -2.83. The maximum Gasteiger partial charge on any atom is 0.244 e. The molecule has 0 unspecified atom stereocenters. The summed E-state index contributed by atoms with van der Waals surface area (Å²) in [5.41, 5.74) is 4.71. The molecule has 1 aromatic rings. The summed E-state index contributed by atoms with van der Waals surface area (Å²) in [7, 11) is -4.27. The number of halogens is 2. The fraction of sp³-hybridized carbons (Fsp3) is 0.364. The SMILES string of the molecule is Nc1cc(S(=O)(=O)NCC(=O)NC2CC2)c(F)cc1F. The van der Waals surface area contributed by atoms with E-state index >= 15 is 0 Å². The third kappa shape index (κ3) is 3.42.